The Morgan fingerprint density at radius 1 is 1.14 bits per heavy atom. The Morgan fingerprint density at radius 2 is 1.90 bits per heavy atom. The van der Waals surface area contributed by atoms with Crippen LogP contribution in [0.15, 0.2) is 41.1 Å². The Hall–Kier alpha value is -2.29. The van der Waals surface area contributed by atoms with Crippen LogP contribution in [0, 0.1) is 5.82 Å². The summed E-state index contributed by atoms with van der Waals surface area (Å²) in [4.78, 5) is 26.4. The summed E-state index contributed by atoms with van der Waals surface area (Å²) < 4.78 is 18.7. The zero-order valence-corrected chi connectivity index (χ0v) is 17.1. The predicted molar refractivity (Wildman–Crippen MR) is 110 cm³/mol. The highest BCUT2D eigenvalue weighted by Crippen LogP contribution is 2.21. The average Bonchev–Trinajstić information content (AvgIpc) is 3.28. The summed E-state index contributed by atoms with van der Waals surface area (Å²) in [5, 5.41) is 9.45. The van der Waals surface area contributed by atoms with E-state index in [1.165, 1.54) is 23.5 Å². The normalized spacial score (nSPS) is 15.6. The summed E-state index contributed by atoms with van der Waals surface area (Å²) in [6.07, 6.45) is 0.906. The number of ether oxygens (including phenoxy) is 1. The van der Waals surface area contributed by atoms with E-state index in [1.54, 1.807) is 23.6 Å². The topological polar surface area (TPSA) is 70.7 Å². The molecule has 1 fully saturated rings. The lowest BCUT2D eigenvalue weighted by molar-refractivity contribution is -0.121. The SMILES string of the molecule is O=C(CCCNC(=O)c1ccsc1)NCC(c1ccc(F)cc1)N1CCOCC1. The zero-order chi connectivity index (χ0) is 20.5. The van der Waals surface area contributed by atoms with Gasteiger partial charge in [-0.3, -0.25) is 14.5 Å². The van der Waals surface area contributed by atoms with Crippen molar-refractivity contribution in [1.29, 1.82) is 0 Å². The molecule has 1 unspecified atom stereocenters. The molecule has 1 aliphatic rings. The van der Waals surface area contributed by atoms with Crippen molar-refractivity contribution in [3.05, 3.63) is 58.0 Å². The number of carbonyl (C=O) groups is 2. The molecule has 6 nitrogen and oxygen atoms in total. The highest BCUT2D eigenvalue weighted by molar-refractivity contribution is 7.08. The average molecular weight is 420 g/mol. The van der Waals surface area contributed by atoms with Gasteiger partial charge in [0.2, 0.25) is 5.91 Å². The molecule has 2 N–H and O–H groups in total. The van der Waals surface area contributed by atoms with Crippen molar-refractivity contribution in [3.8, 4) is 0 Å². The van der Waals surface area contributed by atoms with Crippen LogP contribution in [0.1, 0.15) is 34.8 Å². The van der Waals surface area contributed by atoms with Crippen LogP contribution in [0.2, 0.25) is 0 Å². The molecule has 1 aromatic heterocycles. The minimum absolute atomic E-state index is 0.0262. The molecule has 0 saturated carbocycles. The summed E-state index contributed by atoms with van der Waals surface area (Å²) >= 11 is 1.47. The summed E-state index contributed by atoms with van der Waals surface area (Å²) in [6.45, 7) is 3.74. The van der Waals surface area contributed by atoms with Gasteiger partial charge in [0.25, 0.3) is 5.91 Å². The molecule has 1 saturated heterocycles. The fourth-order valence-corrected chi connectivity index (χ4v) is 3.91. The lowest BCUT2D eigenvalue weighted by Crippen LogP contribution is -2.43. The monoisotopic (exact) mass is 419 g/mol. The second kappa shape index (κ2) is 11.0. The molecule has 1 atom stereocenters. The van der Waals surface area contributed by atoms with E-state index < -0.39 is 0 Å². The number of amides is 2. The molecule has 3 rings (SSSR count). The van der Waals surface area contributed by atoms with Gasteiger partial charge < -0.3 is 15.4 Å². The zero-order valence-electron chi connectivity index (χ0n) is 16.2. The van der Waals surface area contributed by atoms with E-state index in [-0.39, 0.29) is 23.7 Å². The Bertz CT molecular complexity index is 777. The number of rotatable bonds is 9. The number of nitrogens with one attached hydrogen (secondary N) is 2. The molecule has 0 bridgehead atoms. The Labute approximate surface area is 174 Å². The number of carbonyl (C=O) groups excluding carboxylic acids is 2. The van der Waals surface area contributed by atoms with E-state index >= 15 is 0 Å². The molecule has 0 aliphatic carbocycles. The minimum atomic E-state index is -0.275. The van der Waals surface area contributed by atoms with Gasteiger partial charge in [-0.15, -0.1) is 0 Å². The largest absolute Gasteiger partial charge is 0.379 e. The molecule has 0 radical (unpaired) electrons. The number of nitrogens with zero attached hydrogens (tertiary/aromatic N) is 1. The van der Waals surface area contributed by atoms with E-state index in [4.69, 9.17) is 4.74 Å². The van der Waals surface area contributed by atoms with Crippen molar-refractivity contribution < 1.29 is 18.7 Å². The van der Waals surface area contributed by atoms with Gasteiger partial charge >= 0.3 is 0 Å². The van der Waals surface area contributed by atoms with Gasteiger partial charge in [-0.2, -0.15) is 11.3 Å². The molecule has 1 aromatic carbocycles. The van der Waals surface area contributed by atoms with Crippen LogP contribution in [0.3, 0.4) is 0 Å². The number of hydrogen-bond donors (Lipinski definition) is 2. The van der Waals surface area contributed by atoms with Crippen LogP contribution < -0.4 is 10.6 Å². The predicted octanol–water partition coefficient (Wildman–Crippen LogP) is 2.59. The Balaban J connectivity index is 1.45. The number of thiophene rings is 1. The molecule has 2 amide bonds. The lowest BCUT2D eigenvalue weighted by atomic mass is 10.0. The fraction of sp³-hybridized carbons (Fsp3) is 0.429. The summed E-state index contributed by atoms with van der Waals surface area (Å²) in [7, 11) is 0. The Kier molecular flexibility index (Phi) is 8.15. The van der Waals surface area contributed by atoms with Gasteiger partial charge in [0.05, 0.1) is 19.3 Å². The van der Waals surface area contributed by atoms with Gasteiger partial charge in [0.15, 0.2) is 0 Å². The second-order valence-electron chi connectivity index (χ2n) is 6.89. The van der Waals surface area contributed by atoms with E-state index in [2.05, 4.69) is 15.5 Å². The third-order valence-corrected chi connectivity index (χ3v) is 5.57. The third-order valence-electron chi connectivity index (χ3n) is 4.88. The van der Waals surface area contributed by atoms with Crippen molar-refractivity contribution in [3.63, 3.8) is 0 Å². The molecular weight excluding hydrogens is 393 g/mol. The van der Waals surface area contributed by atoms with Crippen LogP contribution in [-0.2, 0) is 9.53 Å². The molecular formula is C21H26FN3O3S. The molecule has 156 valence electrons. The van der Waals surface area contributed by atoms with E-state index in [0.29, 0.717) is 44.7 Å². The van der Waals surface area contributed by atoms with Crippen molar-refractivity contribution in [1.82, 2.24) is 15.5 Å². The van der Waals surface area contributed by atoms with Crippen LogP contribution in [0.25, 0.3) is 0 Å². The highest BCUT2D eigenvalue weighted by Gasteiger charge is 2.23. The van der Waals surface area contributed by atoms with Crippen LogP contribution in [-0.4, -0.2) is 56.1 Å². The maximum absolute atomic E-state index is 13.3. The van der Waals surface area contributed by atoms with Gasteiger partial charge in [0, 0.05) is 43.5 Å². The number of halogens is 1. The molecule has 1 aliphatic heterocycles. The minimum Gasteiger partial charge on any atom is -0.379 e. The van der Waals surface area contributed by atoms with Crippen LogP contribution in [0.5, 0.6) is 0 Å². The van der Waals surface area contributed by atoms with Gasteiger partial charge in [0.1, 0.15) is 5.82 Å². The Morgan fingerprint density at radius 3 is 2.59 bits per heavy atom. The molecule has 29 heavy (non-hydrogen) atoms. The summed E-state index contributed by atoms with van der Waals surface area (Å²) in [5.74, 6) is -0.450. The number of hydrogen-bond acceptors (Lipinski definition) is 5. The summed E-state index contributed by atoms with van der Waals surface area (Å²) in [6, 6.07) is 8.17. The van der Waals surface area contributed by atoms with Crippen molar-refractivity contribution in [2.24, 2.45) is 0 Å². The van der Waals surface area contributed by atoms with E-state index in [0.717, 1.165) is 18.7 Å². The van der Waals surface area contributed by atoms with Crippen molar-refractivity contribution in [2.45, 2.75) is 18.9 Å². The van der Waals surface area contributed by atoms with Gasteiger partial charge in [-0.25, -0.2) is 4.39 Å². The number of morpholine rings is 1. The second-order valence-corrected chi connectivity index (χ2v) is 7.67. The molecule has 8 heteroatoms. The lowest BCUT2D eigenvalue weighted by Gasteiger charge is -2.35. The first-order valence-electron chi connectivity index (χ1n) is 9.78. The standard InChI is InChI=1S/C21H26FN3O3S/c22-18-5-3-16(4-6-18)19(25-9-11-28-12-10-25)14-24-20(26)2-1-8-23-21(27)17-7-13-29-15-17/h3-7,13,15,19H,1-2,8-12,14H2,(H,23,27)(H,24,26). The quantitative estimate of drug-likeness (QED) is 0.613. The van der Waals surface area contributed by atoms with Crippen LogP contribution in [0.4, 0.5) is 4.39 Å². The molecule has 2 heterocycles. The first-order chi connectivity index (χ1) is 14.1. The molecule has 0 spiro atoms. The van der Waals surface area contributed by atoms with Crippen molar-refractivity contribution in [2.75, 3.05) is 39.4 Å². The number of benzene rings is 1. The summed E-state index contributed by atoms with van der Waals surface area (Å²) in [5.41, 5.74) is 1.61. The molecule has 2 aromatic rings. The highest BCUT2D eigenvalue weighted by atomic mass is 32.1. The van der Waals surface area contributed by atoms with Crippen LogP contribution >= 0.6 is 11.3 Å². The van der Waals surface area contributed by atoms with E-state index in [9.17, 15) is 14.0 Å². The maximum Gasteiger partial charge on any atom is 0.252 e. The first-order valence-corrected chi connectivity index (χ1v) is 10.7. The van der Waals surface area contributed by atoms with Gasteiger partial charge in [-0.1, -0.05) is 12.1 Å². The third kappa shape index (κ3) is 6.62. The first kappa shape index (κ1) is 21.4. The van der Waals surface area contributed by atoms with Crippen molar-refractivity contribution >= 4 is 23.2 Å². The van der Waals surface area contributed by atoms with Gasteiger partial charge in [-0.05, 0) is 35.6 Å². The fourth-order valence-electron chi connectivity index (χ4n) is 3.28. The van der Waals surface area contributed by atoms with E-state index in [1.807, 2.05) is 5.38 Å². The smallest absolute Gasteiger partial charge is 0.252 e. The maximum atomic E-state index is 13.3.